The van der Waals surface area contributed by atoms with E-state index in [1.807, 2.05) is 12.1 Å². The van der Waals surface area contributed by atoms with Gasteiger partial charge in [-0.05, 0) is 66.3 Å². The van der Waals surface area contributed by atoms with Gasteiger partial charge in [0.05, 0.1) is 0 Å². The number of amides is 1. The van der Waals surface area contributed by atoms with Crippen molar-refractivity contribution in [2.45, 2.75) is 32.4 Å². The second-order valence-electron chi connectivity index (χ2n) is 7.57. The smallest absolute Gasteiger partial charge is 0.248 e. The van der Waals surface area contributed by atoms with Crippen LogP contribution in [0.4, 0.5) is 8.78 Å². The third kappa shape index (κ3) is 3.91. The van der Waals surface area contributed by atoms with Gasteiger partial charge < -0.3 is 11.1 Å². The summed E-state index contributed by atoms with van der Waals surface area (Å²) in [6, 6.07) is 15.7. The van der Waals surface area contributed by atoms with Crippen LogP contribution < -0.4 is 11.1 Å². The van der Waals surface area contributed by atoms with Gasteiger partial charge in [-0.3, -0.25) is 4.79 Å². The number of halogens is 2. The first-order valence-corrected chi connectivity index (χ1v) is 9.61. The van der Waals surface area contributed by atoms with Gasteiger partial charge in [0.2, 0.25) is 5.91 Å². The van der Waals surface area contributed by atoms with E-state index in [1.165, 1.54) is 29.3 Å². The van der Waals surface area contributed by atoms with Gasteiger partial charge in [0, 0.05) is 29.3 Å². The number of fused-ring (bicyclic) bond motifs is 1. The molecule has 1 aliphatic rings. The van der Waals surface area contributed by atoms with E-state index in [0.29, 0.717) is 22.3 Å². The molecule has 0 radical (unpaired) electrons. The Bertz CT molecular complexity index is 1070. The maximum atomic E-state index is 14.8. The number of nitrogens with one attached hydrogen (secondary N) is 1. The number of hydrogen-bond acceptors (Lipinski definition) is 2. The van der Waals surface area contributed by atoms with Gasteiger partial charge in [-0.1, -0.05) is 30.3 Å². The van der Waals surface area contributed by atoms with Crippen LogP contribution in [0.1, 0.15) is 32.6 Å². The summed E-state index contributed by atoms with van der Waals surface area (Å²) in [4.78, 5) is 11.3. The van der Waals surface area contributed by atoms with E-state index in [-0.39, 0.29) is 18.2 Å². The molecule has 3 aromatic rings. The number of nitrogens with two attached hydrogens (primary N) is 1. The normalized spacial score (nSPS) is 13.5. The third-order valence-corrected chi connectivity index (χ3v) is 5.57. The van der Waals surface area contributed by atoms with Crippen molar-refractivity contribution >= 4 is 5.91 Å². The van der Waals surface area contributed by atoms with Crippen LogP contribution in [0, 0.1) is 18.6 Å². The monoisotopic (exact) mass is 392 g/mol. The first-order valence-electron chi connectivity index (χ1n) is 9.61. The number of benzene rings is 3. The highest BCUT2D eigenvalue weighted by Crippen LogP contribution is 2.29. The summed E-state index contributed by atoms with van der Waals surface area (Å²) in [5.41, 5.74) is 9.91. The molecule has 1 amide bonds. The highest BCUT2D eigenvalue weighted by atomic mass is 19.1. The van der Waals surface area contributed by atoms with Crippen molar-refractivity contribution in [1.29, 1.82) is 0 Å². The van der Waals surface area contributed by atoms with Crippen LogP contribution in [-0.2, 0) is 19.4 Å². The number of carbonyl (C=O) groups excluding carboxylic acids is 1. The number of hydrogen-bond donors (Lipinski definition) is 2. The topological polar surface area (TPSA) is 55.1 Å². The Kier molecular flexibility index (Phi) is 5.16. The Labute approximate surface area is 168 Å². The van der Waals surface area contributed by atoms with Gasteiger partial charge >= 0.3 is 0 Å². The van der Waals surface area contributed by atoms with E-state index in [4.69, 9.17) is 5.73 Å². The molecule has 0 saturated heterocycles. The van der Waals surface area contributed by atoms with Crippen molar-refractivity contribution in [3.8, 4) is 11.1 Å². The fourth-order valence-corrected chi connectivity index (χ4v) is 4.01. The predicted molar refractivity (Wildman–Crippen MR) is 110 cm³/mol. The summed E-state index contributed by atoms with van der Waals surface area (Å²) in [7, 11) is 0. The molecule has 3 N–H and O–H groups in total. The second-order valence-corrected chi connectivity index (χ2v) is 7.57. The number of carbonyl (C=O) groups is 1. The lowest BCUT2D eigenvalue weighted by atomic mass is 9.96. The molecule has 0 atom stereocenters. The van der Waals surface area contributed by atoms with Gasteiger partial charge in [-0.2, -0.15) is 0 Å². The molecule has 0 fully saturated rings. The average Bonchev–Trinajstić information content (AvgIpc) is 3.11. The Hall–Kier alpha value is -3.05. The zero-order valence-electron chi connectivity index (χ0n) is 16.1. The SMILES string of the molecule is Cc1cc(C(N)=O)ccc1-c1cc(F)c(CNC2Cc3ccccc3C2)cc1F. The van der Waals surface area contributed by atoms with Crippen molar-refractivity contribution in [2.24, 2.45) is 5.73 Å². The Morgan fingerprint density at radius 2 is 1.69 bits per heavy atom. The number of aryl methyl sites for hydroxylation is 1. The van der Waals surface area contributed by atoms with Crippen LogP contribution in [0.15, 0.2) is 54.6 Å². The molecule has 4 rings (SSSR count). The van der Waals surface area contributed by atoms with Crippen molar-refractivity contribution in [3.05, 3.63) is 94.0 Å². The van der Waals surface area contributed by atoms with Crippen LogP contribution in [0.5, 0.6) is 0 Å². The van der Waals surface area contributed by atoms with Crippen molar-refractivity contribution in [3.63, 3.8) is 0 Å². The zero-order chi connectivity index (χ0) is 20.5. The first kappa shape index (κ1) is 19.3. The third-order valence-electron chi connectivity index (χ3n) is 5.57. The van der Waals surface area contributed by atoms with E-state index >= 15 is 0 Å². The predicted octanol–water partition coefficient (Wildman–Crippen LogP) is 4.30. The van der Waals surface area contributed by atoms with Gasteiger partial charge in [-0.25, -0.2) is 8.78 Å². The molecule has 0 aliphatic heterocycles. The fraction of sp³-hybridized carbons (Fsp3) is 0.208. The molecule has 1 aliphatic carbocycles. The molecule has 0 bridgehead atoms. The van der Waals surface area contributed by atoms with Gasteiger partial charge in [0.15, 0.2) is 0 Å². The van der Waals surface area contributed by atoms with Crippen molar-refractivity contribution in [2.75, 3.05) is 0 Å². The minimum atomic E-state index is -0.554. The first-order chi connectivity index (χ1) is 13.9. The van der Waals surface area contributed by atoms with Crippen molar-refractivity contribution < 1.29 is 13.6 Å². The molecule has 0 aromatic heterocycles. The average molecular weight is 392 g/mol. The highest BCUT2D eigenvalue weighted by molar-refractivity contribution is 5.93. The van der Waals surface area contributed by atoms with Gasteiger partial charge in [0.1, 0.15) is 11.6 Å². The summed E-state index contributed by atoms with van der Waals surface area (Å²) in [5.74, 6) is -1.50. The minimum Gasteiger partial charge on any atom is -0.366 e. The summed E-state index contributed by atoms with van der Waals surface area (Å²) in [6.07, 6.45) is 1.79. The summed E-state index contributed by atoms with van der Waals surface area (Å²) < 4.78 is 29.5. The lowest BCUT2D eigenvalue weighted by molar-refractivity contribution is 0.1000. The summed E-state index contributed by atoms with van der Waals surface area (Å²) in [6.45, 7) is 2.01. The Balaban J connectivity index is 1.51. The standard InChI is InChI=1S/C24H22F2N2O/c1-14-8-17(24(27)29)6-7-20(14)21-12-22(25)18(11-23(21)26)13-28-19-9-15-4-2-3-5-16(15)10-19/h2-8,11-12,19,28H,9-10,13H2,1H3,(H2,27,29). The fourth-order valence-electron chi connectivity index (χ4n) is 4.01. The molecule has 0 spiro atoms. The zero-order valence-corrected chi connectivity index (χ0v) is 16.1. The van der Waals surface area contributed by atoms with E-state index in [2.05, 4.69) is 17.4 Å². The molecule has 0 heterocycles. The molecule has 5 heteroatoms. The maximum absolute atomic E-state index is 14.8. The molecular formula is C24H22F2N2O. The van der Waals surface area contributed by atoms with Gasteiger partial charge in [0.25, 0.3) is 0 Å². The minimum absolute atomic E-state index is 0.174. The van der Waals surface area contributed by atoms with Crippen LogP contribution in [0.3, 0.4) is 0 Å². The van der Waals surface area contributed by atoms with Crippen LogP contribution in [0.25, 0.3) is 11.1 Å². The molecule has 3 nitrogen and oxygen atoms in total. The van der Waals surface area contributed by atoms with Crippen LogP contribution >= 0.6 is 0 Å². The molecule has 148 valence electrons. The van der Waals surface area contributed by atoms with E-state index in [9.17, 15) is 13.6 Å². The number of primary amides is 1. The second kappa shape index (κ2) is 7.76. The molecule has 29 heavy (non-hydrogen) atoms. The molecule has 0 unspecified atom stereocenters. The largest absolute Gasteiger partial charge is 0.366 e. The maximum Gasteiger partial charge on any atom is 0.248 e. The van der Waals surface area contributed by atoms with Crippen molar-refractivity contribution in [1.82, 2.24) is 5.32 Å². The van der Waals surface area contributed by atoms with Crippen LogP contribution in [0.2, 0.25) is 0 Å². The lowest BCUT2D eigenvalue weighted by Crippen LogP contribution is -2.29. The van der Waals surface area contributed by atoms with E-state index < -0.39 is 17.5 Å². The number of rotatable bonds is 5. The molecule has 3 aromatic carbocycles. The van der Waals surface area contributed by atoms with E-state index in [1.54, 1.807) is 19.1 Å². The summed E-state index contributed by atoms with van der Waals surface area (Å²) in [5, 5.41) is 3.35. The van der Waals surface area contributed by atoms with Crippen LogP contribution in [-0.4, -0.2) is 11.9 Å². The summed E-state index contributed by atoms with van der Waals surface area (Å²) >= 11 is 0. The quantitative estimate of drug-likeness (QED) is 0.680. The Morgan fingerprint density at radius 1 is 1.00 bits per heavy atom. The van der Waals surface area contributed by atoms with E-state index in [0.717, 1.165) is 12.8 Å². The molecule has 0 saturated carbocycles. The lowest BCUT2D eigenvalue weighted by Gasteiger charge is -2.14. The molecular weight excluding hydrogens is 370 g/mol. The highest BCUT2D eigenvalue weighted by Gasteiger charge is 2.21. The van der Waals surface area contributed by atoms with Gasteiger partial charge in [-0.15, -0.1) is 0 Å². The Morgan fingerprint density at radius 3 is 2.31 bits per heavy atom.